The number of ether oxygens (including phenoxy) is 1. The topological polar surface area (TPSA) is 66.8 Å². The highest BCUT2D eigenvalue weighted by Crippen LogP contribution is 2.62. The third kappa shape index (κ3) is 13.3. The molecule has 10 heteroatoms. The summed E-state index contributed by atoms with van der Waals surface area (Å²) in [6.45, 7) is 14.4. The molecule has 14 fully saturated rings. The summed E-state index contributed by atoms with van der Waals surface area (Å²) in [7, 11) is 1.67. The molecule has 9 atom stereocenters. The third-order valence-electron chi connectivity index (χ3n) is 19.9. The molecule has 14 aliphatic carbocycles. The molecule has 17 rings (SSSR count). The first-order valence-corrected chi connectivity index (χ1v) is 28.1. The number of ketones is 1. The molecule has 14 bridgehead atoms. The van der Waals surface area contributed by atoms with E-state index >= 15 is 0 Å². The fourth-order valence-electron chi connectivity index (χ4n) is 17.7. The third-order valence-corrected chi connectivity index (χ3v) is 19.9. The summed E-state index contributed by atoms with van der Waals surface area (Å²) in [5.74, 6) is 1.09. The lowest BCUT2D eigenvalue weighted by Gasteiger charge is -2.59. The van der Waals surface area contributed by atoms with E-state index < -0.39 is 34.6 Å². The Morgan fingerprint density at radius 3 is 1.34 bits per heavy atom. The number of Topliss-reactive ketones (excluding diaryl/α,β-unsaturated/α-hetero) is 1. The number of benzene rings is 3. The quantitative estimate of drug-likeness (QED) is 0.145. The maximum Gasteiger partial charge on any atom is 0.200 e. The van der Waals surface area contributed by atoms with E-state index in [1.54, 1.807) is 44.9 Å². The first kappa shape index (κ1) is 55.9. The number of hydrogen-bond donors (Lipinski definition) is 2. The lowest BCUT2D eigenvalue weighted by Crippen LogP contribution is -2.54. The van der Waals surface area contributed by atoms with Crippen LogP contribution in [0.25, 0.3) is 0 Å². The lowest BCUT2D eigenvalue weighted by molar-refractivity contribution is -0.157. The van der Waals surface area contributed by atoms with Crippen molar-refractivity contribution in [2.24, 2.45) is 81.3 Å². The Morgan fingerprint density at radius 2 is 0.959 bits per heavy atom. The van der Waals surface area contributed by atoms with Crippen molar-refractivity contribution in [1.29, 1.82) is 0 Å². The normalized spacial score (nSPS) is 39.5. The molecule has 0 radical (unpaired) electrons. The zero-order valence-corrected chi connectivity index (χ0v) is 45.2. The number of carbonyl (C=O) groups is 1. The van der Waals surface area contributed by atoms with Gasteiger partial charge in [-0.05, 0) is 237 Å². The van der Waals surface area contributed by atoms with Crippen molar-refractivity contribution in [2.75, 3.05) is 7.11 Å². The van der Waals surface area contributed by atoms with Crippen LogP contribution in [0.2, 0.25) is 0 Å². The number of fused-ring (bicyclic) bond motifs is 2. The van der Waals surface area contributed by atoms with Crippen molar-refractivity contribution in [3.05, 3.63) is 100 Å². The second-order valence-corrected chi connectivity index (χ2v) is 27.0. The lowest BCUT2D eigenvalue weighted by atomic mass is 9.48. The second-order valence-electron chi connectivity index (χ2n) is 27.0. The fraction of sp³-hybridized carbons (Fsp3) is 0.698. The summed E-state index contributed by atoms with van der Waals surface area (Å²) >= 11 is 0. The second kappa shape index (κ2) is 22.3. The van der Waals surface area contributed by atoms with Crippen molar-refractivity contribution in [1.82, 2.24) is 0 Å². The average Bonchev–Trinajstić information content (AvgIpc) is 3.94. The number of hydrogen-bond acceptors (Lipinski definition) is 4. The molecule has 14 aliphatic rings. The summed E-state index contributed by atoms with van der Waals surface area (Å²) in [6.07, 6.45) is 26.8. The number of aliphatic hydroxyl groups is 2. The van der Waals surface area contributed by atoms with Crippen LogP contribution in [0, 0.1) is 137 Å². The van der Waals surface area contributed by atoms with Crippen LogP contribution in [-0.4, -0.2) is 34.8 Å². The molecule has 404 valence electrons. The number of halogens is 6. The Hall–Kier alpha value is -3.37. The summed E-state index contributed by atoms with van der Waals surface area (Å²) < 4.78 is 78.6. The molecule has 0 aromatic heterocycles. The summed E-state index contributed by atoms with van der Waals surface area (Å²) in [5.41, 5.74) is 2.94. The minimum atomic E-state index is -2.13. The number of carbonyl (C=O) groups excluding carboxylic acids is 1. The molecule has 4 nitrogen and oxygen atoms in total. The van der Waals surface area contributed by atoms with Crippen LogP contribution in [0.4, 0.5) is 26.3 Å². The molecule has 0 heterocycles. The van der Waals surface area contributed by atoms with E-state index in [0.717, 1.165) is 78.9 Å². The maximum atomic E-state index is 12.4. The summed E-state index contributed by atoms with van der Waals surface area (Å²) in [4.78, 5) is 11.7. The average molecular weight is 1020 g/mol. The molecule has 0 amide bonds. The van der Waals surface area contributed by atoms with Gasteiger partial charge in [-0.25, -0.2) is 26.3 Å². The molecule has 3 aromatic carbocycles. The first-order chi connectivity index (χ1) is 34.3. The van der Waals surface area contributed by atoms with Crippen molar-refractivity contribution in [3.8, 4) is 5.75 Å². The zero-order chi connectivity index (χ0) is 52.8. The Bertz CT molecular complexity index is 2170. The molecular weight excluding hydrogens is 935 g/mol. The highest BCUT2D eigenvalue weighted by Gasteiger charge is 2.56. The zero-order valence-electron chi connectivity index (χ0n) is 45.2. The highest BCUT2D eigenvalue weighted by molar-refractivity contribution is 5.85. The van der Waals surface area contributed by atoms with Crippen molar-refractivity contribution in [2.45, 2.75) is 189 Å². The molecule has 73 heavy (non-hydrogen) atoms. The van der Waals surface area contributed by atoms with Crippen LogP contribution in [0.3, 0.4) is 0 Å². The van der Waals surface area contributed by atoms with Crippen molar-refractivity contribution in [3.63, 3.8) is 0 Å². The van der Waals surface area contributed by atoms with E-state index in [1.807, 2.05) is 31.2 Å². The Labute approximate surface area is 433 Å². The van der Waals surface area contributed by atoms with Gasteiger partial charge in [0.15, 0.2) is 23.3 Å². The predicted octanol–water partition coefficient (Wildman–Crippen LogP) is 16.2. The number of rotatable bonds is 1. The maximum absolute atomic E-state index is 12.4. The van der Waals surface area contributed by atoms with Crippen LogP contribution < -0.4 is 4.74 Å². The van der Waals surface area contributed by atoms with Gasteiger partial charge in [0, 0.05) is 17.4 Å². The number of aryl methyl sites for hydroxylation is 2. The Balaban J connectivity index is 0.000000114. The summed E-state index contributed by atoms with van der Waals surface area (Å²) in [6, 6.07) is 14.4. The monoisotopic (exact) mass is 1020 g/mol. The molecular formula is C63H86F6O4. The van der Waals surface area contributed by atoms with E-state index in [1.165, 1.54) is 101 Å². The van der Waals surface area contributed by atoms with Gasteiger partial charge in [0.05, 0.1) is 18.8 Å². The van der Waals surface area contributed by atoms with E-state index in [9.17, 15) is 41.4 Å². The molecule has 0 saturated heterocycles. The van der Waals surface area contributed by atoms with Gasteiger partial charge in [-0.3, -0.25) is 4.79 Å². The van der Waals surface area contributed by atoms with Crippen LogP contribution in [-0.2, 0) is 4.79 Å². The minimum Gasteiger partial charge on any atom is -0.497 e. The summed E-state index contributed by atoms with van der Waals surface area (Å²) in [5, 5.41) is 20.2. The van der Waals surface area contributed by atoms with E-state index in [2.05, 4.69) is 34.6 Å². The fourth-order valence-corrected chi connectivity index (χ4v) is 17.7. The van der Waals surface area contributed by atoms with Crippen molar-refractivity contribution < 1.29 is 46.1 Å². The van der Waals surface area contributed by atoms with Crippen LogP contribution in [0.5, 0.6) is 5.75 Å². The smallest absolute Gasteiger partial charge is 0.200 e. The molecule has 14 saturated carbocycles. The van der Waals surface area contributed by atoms with Gasteiger partial charge in [0.2, 0.25) is 5.82 Å². The first-order valence-electron chi connectivity index (χ1n) is 28.1. The molecule has 3 aromatic rings. The van der Waals surface area contributed by atoms with E-state index in [4.69, 9.17) is 4.74 Å². The molecule has 0 spiro atoms. The van der Waals surface area contributed by atoms with Gasteiger partial charge in [-0.15, -0.1) is 0 Å². The van der Waals surface area contributed by atoms with Gasteiger partial charge in [0.25, 0.3) is 0 Å². The molecule has 0 aliphatic heterocycles. The predicted molar refractivity (Wildman–Crippen MR) is 277 cm³/mol. The van der Waals surface area contributed by atoms with E-state index in [0.29, 0.717) is 45.7 Å². The van der Waals surface area contributed by atoms with Gasteiger partial charge >= 0.3 is 0 Å². The standard InChI is InChI=1S/2C11H18O.C11H16O.C8H10O.C8H14.C7H3F5.C7H7F/c1-10-3-8-2-9(4-10)6-11(12,5-8)7-10;2*1-11-4-7-2-8(5-11)10(12)9(3-7)6-11;1-7-3-5-8(9-2)6-4-7;1-6-4-7-2-3-8(6)5-7;1-2-3(8)5(10)7(12)6(11)4(2)9;1-6-2-4-7(8)5-3-6/h8-9,12H,2-7H2,1H3;7-10,12H,2-6H2,1H3;7-9H,2-6H2,1H3;3-6H,1-2H3;6-8H,2-5H2,1H3;1H3;2-5H,1H3. The SMILES string of the molecule is CC12CC3CC(C1)C(=O)C(C3)C2.CC12CC3CC(C1)C(O)C(C3)C2.CC12CC3CC(C1)CC(O)(C3)C2.CC1CC2CCC1C2.COc1ccc(C)cc1.Cc1c(F)c(F)c(F)c(F)c1F.Cc1ccc(F)cc1. The van der Waals surface area contributed by atoms with Crippen LogP contribution in [0.1, 0.15) is 173 Å². The van der Waals surface area contributed by atoms with Gasteiger partial charge in [0.1, 0.15) is 17.3 Å². The van der Waals surface area contributed by atoms with Gasteiger partial charge in [-0.2, -0.15) is 0 Å². The van der Waals surface area contributed by atoms with Crippen LogP contribution >= 0.6 is 0 Å². The molecule has 2 N–H and O–H groups in total. The van der Waals surface area contributed by atoms with Crippen molar-refractivity contribution >= 4 is 5.78 Å². The largest absolute Gasteiger partial charge is 0.497 e. The van der Waals surface area contributed by atoms with Gasteiger partial charge in [-0.1, -0.05) is 69.5 Å². The number of aliphatic hydroxyl groups excluding tert-OH is 1. The van der Waals surface area contributed by atoms with Crippen LogP contribution in [0.15, 0.2) is 48.5 Å². The molecule has 9 unspecified atom stereocenters. The number of methoxy groups -OCH3 is 1. The highest BCUT2D eigenvalue weighted by atomic mass is 19.2. The Morgan fingerprint density at radius 1 is 0.507 bits per heavy atom. The van der Waals surface area contributed by atoms with E-state index in [-0.39, 0.29) is 17.5 Å². The Kier molecular flexibility index (Phi) is 17.1. The van der Waals surface area contributed by atoms with Gasteiger partial charge < -0.3 is 14.9 Å². The minimum absolute atomic E-state index is 0.0645.